The molecule has 0 aliphatic heterocycles. The van der Waals surface area contributed by atoms with E-state index in [1.165, 1.54) is 38.5 Å². The van der Waals surface area contributed by atoms with E-state index >= 15 is 8.78 Å². The molecule has 0 aliphatic carbocycles. The van der Waals surface area contributed by atoms with Gasteiger partial charge in [-0.05, 0) is 19.3 Å². The fraction of sp³-hybridized carbons (Fsp3) is 1.00. The minimum atomic E-state index is -2.94. The van der Waals surface area contributed by atoms with Crippen molar-refractivity contribution in [2.24, 2.45) is 5.41 Å². The minimum absolute atomic E-state index is 0.0278. The van der Waals surface area contributed by atoms with Crippen molar-refractivity contribution in [3.63, 3.8) is 0 Å². The first-order chi connectivity index (χ1) is 15.5. The van der Waals surface area contributed by atoms with Gasteiger partial charge in [0.25, 0.3) is 0 Å². The van der Waals surface area contributed by atoms with Crippen LogP contribution in [0.25, 0.3) is 0 Å². The molecule has 0 fully saturated rings. The Bertz CT molecular complexity index is 362. The van der Waals surface area contributed by atoms with Gasteiger partial charge in [-0.25, -0.2) is 17.6 Å². The highest BCUT2D eigenvalue weighted by Crippen LogP contribution is 2.46. The molecule has 2 atom stereocenters. The van der Waals surface area contributed by atoms with E-state index in [1.54, 1.807) is 0 Å². The molecular formula is C28H54F4. The molecular weight excluding hydrogens is 412 g/mol. The summed E-state index contributed by atoms with van der Waals surface area (Å²) in [7, 11) is 0. The molecule has 0 aromatic carbocycles. The van der Waals surface area contributed by atoms with Gasteiger partial charge in [0, 0.05) is 0 Å². The van der Waals surface area contributed by atoms with Crippen LogP contribution < -0.4 is 0 Å². The fourth-order valence-corrected chi connectivity index (χ4v) is 4.85. The first-order valence-corrected chi connectivity index (χ1v) is 14.0. The van der Waals surface area contributed by atoms with Crippen LogP contribution in [0.2, 0.25) is 0 Å². The van der Waals surface area contributed by atoms with Crippen molar-refractivity contribution in [2.45, 2.75) is 174 Å². The third-order valence-corrected chi connectivity index (χ3v) is 7.16. The fourth-order valence-electron chi connectivity index (χ4n) is 4.85. The predicted molar refractivity (Wildman–Crippen MR) is 132 cm³/mol. The van der Waals surface area contributed by atoms with Crippen LogP contribution in [-0.4, -0.2) is 18.8 Å². The lowest BCUT2D eigenvalue weighted by atomic mass is 9.71. The molecule has 0 amide bonds. The average molecular weight is 467 g/mol. The van der Waals surface area contributed by atoms with Crippen molar-refractivity contribution >= 4 is 0 Å². The summed E-state index contributed by atoms with van der Waals surface area (Å²) < 4.78 is 59.3. The normalized spacial score (nSPS) is 15.8. The summed E-state index contributed by atoms with van der Waals surface area (Å²) in [5, 5.41) is 0. The highest BCUT2D eigenvalue weighted by Gasteiger charge is 2.52. The van der Waals surface area contributed by atoms with E-state index in [0.717, 1.165) is 57.8 Å². The maximum absolute atomic E-state index is 15.4. The Morgan fingerprint density at radius 3 is 1.09 bits per heavy atom. The van der Waals surface area contributed by atoms with Gasteiger partial charge in [-0.1, -0.05) is 136 Å². The van der Waals surface area contributed by atoms with E-state index in [1.807, 2.05) is 0 Å². The quantitative estimate of drug-likeness (QED) is 0.0980. The smallest absolute Gasteiger partial charge is 0.247 e. The summed E-state index contributed by atoms with van der Waals surface area (Å²) in [4.78, 5) is 0. The molecule has 0 saturated carbocycles. The van der Waals surface area contributed by atoms with E-state index < -0.39 is 24.2 Å². The second kappa shape index (κ2) is 21.3. The third kappa shape index (κ3) is 13.4. The van der Waals surface area contributed by atoms with Crippen LogP contribution in [0.3, 0.4) is 0 Å². The maximum atomic E-state index is 15.4. The molecule has 32 heavy (non-hydrogen) atoms. The molecule has 4 heteroatoms. The van der Waals surface area contributed by atoms with Gasteiger partial charge in [-0.2, -0.15) is 0 Å². The summed E-state index contributed by atoms with van der Waals surface area (Å²) in [5.74, 6) is 0. The van der Waals surface area contributed by atoms with Crippen molar-refractivity contribution in [1.29, 1.82) is 0 Å². The Morgan fingerprint density at radius 2 is 0.750 bits per heavy atom. The van der Waals surface area contributed by atoms with Gasteiger partial charge >= 0.3 is 0 Å². The van der Waals surface area contributed by atoms with Gasteiger partial charge in [0.1, 0.15) is 12.3 Å². The van der Waals surface area contributed by atoms with Crippen molar-refractivity contribution in [3.05, 3.63) is 0 Å². The number of alkyl halides is 4. The molecule has 2 unspecified atom stereocenters. The summed E-state index contributed by atoms with van der Waals surface area (Å²) in [6, 6.07) is 0. The Kier molecular flexibility index (Phi) is 21.1. The minimum Gasteiger partial charge on any atom is -0.247 e. The molecule has 0 N–H and O–H groups in total. The lowest BCUT2D eigenvalue weighted by Gasteiger charge is -2.39. The third-order valence-electron chi connectivity index (χ3n) is 7.16. The lowest BCUT2D eigenvalue weighted by molar-refractivity contribution is -0.118. The standard InChI is InChI=1S/C28H54F4/c1-4-7-10-13-15-17-19-22-25(29)28(27(31)32,24-21-12-9-6-3)26(30)23-20-18-16-14-11-8-5-2/h25-27H,4-24H2,1-3H3. The Hall–Kier alpha value is -0.280. The molecule has 0 radical (unpaired) electrons. The van der Waals surface area contributed by atoms with Gasteiger partial charge in [0.05, 0.1) is 5.41 Å². The van der Waals surface area contributed by atoms with Crippen LogP contribution in [0.1, 0.15) is 156 Å². The molecule has 0 aromatic rings. The summed E-state index contributed by atoms with van der Waals surface area (Å²) >= 11 is 0. The van der Waals surface area contributed by atoms with E-state index in [0.29, 0.717) is 19.3 Å². The van der Waals surface area contributed by atoms with E-state index in [-0.39, 0.29) is 19.3 Å². The molecule has 0 spiro atoms. The van der Waals surface area contributed by atoms with Gasteiger partial charge in [-0.15, -0.1) is 0 Å². The van der Waals surface area contributed by atoms with Gasteiger partial charge in [-0.3, -0.25) is 0 Å². The number of rotatable bonds is 24. The second-order valence-electron chi connectivity index (χ2n) is 9.98. The second-order valence-corrected chi connectivity index (χ2v) is 9.98. The molecule has 0 saturated heterocycles. The van der Waals surface area contributed by atoms with E-state index in [9.17, 15) is 8.78 Å². The molecule has 0 aromatic heterocycles. The predicted octanol–water partition coefficient (Wildman–Crippen LogP) is 11.2. The zero-order valence-electron chi connectivity index (χ0n) is 21.6. The van der Waals surface area contributed by atoms with Crippen molar-refractivity contribution in [1.82, 2.24) is 0 Å². The highest BCUT2D eigenvalue weighted by molar-refractivity contribution is 4.95. The molecule has 0 nitrogen and oxygen atoms in total. The van der Waals surface area contributed by atoms with Crippen molar-refractivity contribution < 1.29 is 17.6 Å². The Balaban J connectivity index is 4.80. The van der Waals surface area contributed by atoms with Gasteiger partial charge < -0.3 is 0 Å². The zero-order valence-corrected chi connectivity index (χ0v) is 21.6. The van der Waals surface area contributed by atoms with Crippen LogP contribution in [0.4, 0.5) is 17.6 Å². The molecule has 0 heterocycles. The highest BCUT2D eigenvalue weighted by atomic mass is 19.3. The monoisotopic (exact) mass is 466 g/mol. The summed E-state index contributed by atoms with van der Waals surface area (Å²) in [5.41, 5.74) is -2.11. The van der Waals surface area contributed by atoms with Crippen LogP contribution in [0.5, 0.6) is 0 Å². The average Bonchev–Trinajstić information content (AvgIpc) is 2.77. The number of halogens is 4. The number of unbranched alkanes of at least 4 members (excludes halogenated alkanes) is 15. The Labute approximate surface area is 197 Å². The first kappa shape index (κ1) is 31.7. The van der Waals surface area contributed by atoms with Crippen molar-refractivity contribution in [3.8, 4) is 0 Å². The lowest BCUT2D eigenvalue weighted by Crippen LogP contribution is -2.47. The SMILES string of the molecule is CCCCCCCCCC(F)C(CCCCCC)(C(F)F)C(F)CCCCCCCCC. The van der Waals surface area contributed by atoms with Gasteiger partial charge in [0.15, 0.2) is 0 Å². The van der Waals surface area contributed by atoms with Crippen LogP contribution in [0.15, 0.2) is 0 Å². The van der Waals surface area contributed by atoms with Crippen molar-refractivity contribution in [2.75, 3.05) is 0 Å². The summed E-state index contributed by atoms with van der Waals surface area (Å²) in [6.07, 6.45) is 11.1. The van der Waals surface area contributed by atoms with Crippen LogP contribution in [-0.2, 0) is 0 Å². The molecule has 0 aliphatic rings. The van der Waals surface area contributed by atoms with E-state index in [2.05, 4.69) is 20.8 Å². The first-order valence-electron chi connectivity index (χ1n) is 14.0. The Morgan fingerprint density at radius 1 is 0.438 bits per heavy atom. The molecule has 0 bridgehead atoms. The topological polar surface area (TPSA) is 0 Å². The number of hydrogen-bond acceptors (Lipinski definition) is 0. The largest absolute Gasteiger partial charge is 0.249 e. The van der Waals surface area contributed by atoms with E-state index in [4.69, 9.17) is 0 Å². The zero-order chi connectivity index (χ0) is 24.1. The van der Waals surface area contributed by atoms with Crippen LogP contribution >= 0.6 is 0 Å². The number of hydrogen-bond donors (Lipinski definition) is 0. The maximum Gasteiger partial charge on any atom is 0.249 e. The molecule has 194 valence electrons. The summed E-state index contributed by atoms with van der Waals surface area (Å²) in [6.45, 7) is 6.38. The van der Waals surface area contributed by atoms with Crippen LogP contribution in [0, 0.1) is 5.41 Å². The molecule has 0 rings (SSSR count). The van der Waals surface area contributed by atoms with Gasteiger partial charge in [0.2, 0.25) is 6.43 Å².